The molecule has 1 N–H and O–H groups in total. The molecular weight excluding hydrogens is 200 g/mol. The third-order valence-electron chi connectivity index (χ3n) is 3.13. The van der Waals surface area contributed by atoms with E-state index in [0.717, 1.165) is 45.6 Å². The molecule has 0 aliphatic carbocycles. The van der Waals surface area contributed by atoms with Crippen molar-refractivity contribution >= 4 is 9.84 Å². The molecule has 1 atom stereocenters. The van der Waals surface area contributed by atoms with Gasteiger partial charge in [-0.25, -0.2) is 8.42 Å². The van der Waals surface area contributed by atoms with E-state index in [0.29, 0.717) is 5.75 Å². The summed E-state index contributed by atoms with van der Waals surface area (Å²) in [6.07, 6.45) is 1.73. The Morgan fingerprint density at radius 3 is 2.57 bits per heavy atom. The van der Waals surface area contributed by atoms with Gasteiger partial charge in [-0.2, -0.15) is 0 Å². The van der Waals surface area contributed by atoms with Gasteiger partial charge in [0.2, 0.25) is 0 Å². The molecule has 0 spiro atoms. The highest BCUT2D eigenvalue weighted by molar-refractivity contribution is 7.92. The summed E-state index contributed by atoms with van der Waals surface area (Å²) >= 11 is 0. The Hall–Kier alpha value is -0.130. The van der Waals surface area contributed by atoms with E-state index in [9.17, 15) is 8.42 Å². The van der Waals surface area contributed by atoms with E-state index in [2.05, 4.69) is 10.2 Å². The van der Waals surface area contributed by atoms with Crippen LogP contribution in [-0.4, -0.2) is 57.0 Å². The lowest BCUT2D eigenvalue weighted by Crippen LogP contribution is -2.46. The minimum atomic E-state index is -2.75. The van der Waals surface area contributed by atoms with Gasteiger partial charge < -0.3 is 5.32 Å². The summed E-state index contributed by atoms with van der Waals surface area (Å²) in [5.74, 6) is 0.407. The summed E-state index contributed by atoms with van der Waals surface area (Å²) in [5, 5.41) is 3.19. The lowest BCUT2D eigenvalue weighted by molar-refractivity contribution is 0.239. The van der Waals surface area contributed by atoms with Gasteiger partial charge in [0.15, 0.2) is 9.84 Å². The largest absolute Gasteiger partial charge is 0.314 e. The Morgan fingerprint density at radius 1 is 1.29 bits per heavy atom. The molecule has 2 rings (SSSR count). The van der Waals surface area contributed by atoms with Gasteiger partial charge in [-0.15, -0.1) is 0 Å². The Balaban J connectivity index is 1.90. The van der Waals surface area contributed by atoms with Crippen molar-refractivity contribution in [1.29, 1.82) is 0 Å². The van der Waals surface area contributed by atoms with Crippen molar-refractivity contribution in [2.75, 3.05) is 38.5 Å². The van der Waals surface area contributed by atoms with Crippen LogP contribution in [0, 0.1) is 0 Å². The van der Waals surface area contributed by atoms with E-state index in [1.165, 1.54) is 0 Å². The van der Waals surface area contributed by atoms with Crippen molar-refractivity contribution < 1.29 is 8.42 Å². The second-order valence-corrected chi connectivity index (χ2v) is 6.58. The molecule has 0 unspecified atom stereocenters. The zero-order chi connectivity index (χ0) is 10.0. The summed E-state index contributed by atoms with van der Waals surface area (Å²) in [6.45, 7) is 4.72. The molecule has 0 aromatic heterocycles. The molecule has 2 heterocycles. The number of hydrogen-bond donors (Lipinski definition) is 1. The van der Waals surface area contributed by atoms with Crippen molar-refractivity contribution in [3.05, 3.63) is 0 Å². The Kier molecular flexibility index (Phi) is 3.09. The van der Waals surface area contributed by atoms with Crippen LogP contribution < -0.4 is 5.32 Å². The molecule has 5 heteroatoms. The molecule has 82 valence electrons. The van der Waals surface area contributed by atoms with Crippen molar-refractivity contribution in [3.8, 4) is 0 Å². The first-order valence-corrected chi connectivity index (χ1v) is 7.05. The maximum atomic E-state index is 11.6. The van der Waals surface area contributed by atoms with E-state index in [1.807, 2.05) is 0 Å². The normalized spacial score (nSPS) is 33.3. The van der Waals surface area contributed by atoms with Gasteiger partial charge >= 0.3 is 0 Å². The predicted octanol–water partition coefficient (Wildman–Crippen LogP) is -0.531. The van der Waals surface area contributed by atoms with Gasteiger partial charge in [-0.1, -0.05) is 0 Å². The smallest absolute Gasteiger partial charge is 0.154 e. The molecule has 0 aromatic rings. The molecular formula is C9H18N2O2S. The van der Waals surface area contributed by atoms with Crippen LogP contribution >= 0.6 is 0 Å². The van der Waals surface area contributed by atoms with E-state index in [1.54, 1.807) is 0 Å². The third kappa shape index (κ3) is 2.27. The highest BCUT2D eigenvalue weighted by Gasteiger charge is 2.32. The highest BCUT2D eigenvalue weighted by Crippen LogP contribution is 2.20. The molecule has 2 saturated heterocycles. The third-order valence-corrected chi connectivity index (χ3v) is 5.39. The van der Waals surface area contributed by atoms with Crippen LogP contribution in [0.15, 0.2) is 0 Å². The van der Waals surface area contributed by atoms with E-state index in [-0.39, 0.29) is 5.25 Å². The minimum Gasteiger partial charge on any atom is -0.314 e. The van der Waals surface area contributed by atoms with Gasteiger partial charge in [0.25, 0.3) is 0 Å². The van der Waals surface area contributed by atoms with Gasteiger partial charge in [-0.05, 0) is 12.8 Å². The molecule has 2 fully saturated rings. The van der Waals surface area contributed by atoms with Gasteiger partial charge in [0, 0.05) is 32.7 Å². The van der Waals surface area contributed by atoms with Crippen LogP contribution in [0.4, 0.5) is 0 Å². The van der Waals surface area contributed by atoms with E-state index >= 15 is 0 Å². The fourth-order valence-electron chi connectivity index (χ4n) is 2.24. The second kappa shape index (κ2) is 4.16. The van der Waals surface area contributed by atoms with Crippen LogP contribution in [0.1, 0.15) is 12.8 Å². The van der Waals surface area contributed by atoms with Crippen LogP contribution in [0.25, 0.3) is 0 Å². The van der Waals surface area contributed by atoms with Crippen molar-refractivity contribution in [1.82, 2.24) is 10.2 Å². The van der Waals surface area contributed by atoms with Gasteiger partial charge in [-0.3, -0.25) is 4.90 Å². The summed E-state index contributed by atoms with van der Waals surface area (Å²) < 4.78 is 23.2. The zero-order valence-electron chi connectivity index (χ0n) is 8.41. The molecule has 0 amide bonds. The molecule has 0 bridgehead atoms. The number of sulfone groups is 1. The predicted molar refractivity (Wildman–Crippen MR) is 56.1 cm³/mol. The maximum absolute atomic E-state index is 11.6. The number of hydrogen-bond acceptors (Lipinski definition) is 4. The molecule has 0 saturated carbocycles. The van der Waals surface area contributed by atoms with Crippen LogP contribution in [-0.2, 0) is 9.84 Å². The average Bonchev–Trinajstić information content (AvgIpc) is 2.48. The van der Waals surface area contributed by atoms with Crippen molar-refractivity contribution in [2.45, 2.75) is 18.1 Å². The first-order valence-electron chi connectivity index (χ1n) is 5.33. The Bertz CT molecular complexity index is 283. The monoisotopic (exact) mass is 218 g/mol. The van der Waals surface area contributed by atoms with Crippen LogP contribution in [0.2, 0.25) is 0 Å². The zero-order valence-corrected chi connectivity index (χ0v) is 9.22. The lowest BCUT2D eigenvalue weighted by Gasteiger charge is -2.29. The lowest BCUT2D eigenvalue weighted by atomic mass is 10.2. The Labute approximate surface area is 85.6 Å². The summed E-state index contributed by atoms with van der Waals surface area (Å²) in [6, 6.07) is 0. The molecule has 0 aromatic carbocycles. The average molecular weight is 218 g/mol. The highest BCUT2D eigenvalue weighted by atomic mass is 32.2. The van der Waals surface area contributed by atoms with Gasteiger partial charge in [0.1, 0.15) is 0 Å². The molecule has 2 aliphatic heterocycles. The van der Waals surface area contributed by atoms with E-state index < -0.39 is 9.84 Å². The topological polar surface area (TPSA) is 49.4 Å². The summed E-state index contributed by atoms with van der Waals surface area (Å²) in [7, 11) is -2.75. The number of rotatable bonds is 2. The summed E-state index contributed by atoms with van der Waals surface area (Å²) in [4.78, 5) is 2.27. The fraction of sp³-hybridized carbons (Fsp3) is 1.00. The number of nitrogens with one attached hydrogen (secondary N) is 1. The molecule has 14 heavy (non-hydrogen) atoms. The van der Waals surface area contributed by atoms with Crippen LogP contribution in [0.3, 0.4) is 0 Å². The first kappa shape index (κ1) is 10.4. The molecule has 2 aliphatic rings. The van der Waals surface area contributed by atoms with Crippen molar-refractivity contribution in [2.24, 2.45) is 0 Å². The standard InChI is InChI=1S/C9H18N2O2S/c12-14(13)7-1-2-9(14)8-11-5-3-10-4-6-11/h9-10H,1-8H2/t9-/m1/s1. The van der Waals surface area contributed by atoms with E-state index in [4.69, 9.17) is 0 Å². The second-order valence-electron chi connectivity index (χ2n) is 4.18. The number of piperazine rings is 1. The molecule has 0 radical (unpaired) electrons. The number of nitrogens with zero attached hydrogens (tertiary/aromatic N) is 1. The SMILES string of the molecule is O=S1(=O)CCC[C@@H]1CN1CCNCC1. The Morgan fingerprint density at radius 2 is 2.00 bits per heavy atom. The first-order chi connectivity index (χ1) is 6.68. The minimum absolute atomic E-state index is 0.0828. The fourth-order valence-corrected chi connectivity index (χ4v) is 4.11. The van der Waals surface area contributed by atoms with Gasteiger partial charge in [0.05, 0.1) is 11.0 Å². The molecule has 4 nitrogen and oxygen atoms in total. The quantitative estimate of drug-likeness (QED) is 0.677. The van der Waals surface area contributed by atoms with Crippen molar-refractivity contribution in [3.63, 3.8) is 0 Å². The maximum Gasteiger partial charge on any atom is 0.154 e. The van der Waals surface area contributed by atoms with Crippen LogP contribution in [0.5, 0.6) is 0 Å². The summed E-state index contributed by atoms with van der Waals surface area (Å²) in [5.41, 5.74) is 0.